The zero-order valence-corrected chi connectivity index (χ0v) is 12.2. The summed E-state index contributed by atoms with van der Waals surface area (Å²) in [5.74, 6) is -0.372. The van der Waals surface area contributed by atoms with Crippen LogP contribution in [-0.4, -0.2) is 21.3 Å². The highest BCUT2D eigenvalue weighted by molar-refractivity contribution is 5.84. The molecule has 0 N–H and O–H groups in total. The van der Waals surface area contributed by atoms with E-state index in [2.05, 4.69) is 10.3 Å². The Kier molecular flexibility index (Phi) is 3.55. The van der Waals surface area contributed by atoms with Crippen molar-refractivity contribution >= 4 is 6.29 Å². The maximum Gasteiger partial charge on any atom is 0.172 e. The second-order valence-electron chi connectivity index (χ2n) is 5.15. The predicted molar refractivity (Wildman–Crippen MR) is 81.6 cm³/mol. The molecule has 0 amide bonds. The summed E-state index contributed by atoms with van der Waals surface area (Å²) in [7, 11) is 0. The molecule has 4 nitrogen and oxygen atoms in total. The number of carbonyl (C=O) groups excluding carboxylic acids is 1. The molecule has 0 fully saturated rings. The van der Waals surface area contributed by atoms with Crippen LogP contribution in [0, 0.1) is 19.7 Å². The first kappa shape index (κ1) is 14.1. The highest BCUT2D eigenvalue weighted by Gasteiger charge is 2.17. The summed E-state index contributed by atoms with van der Waals surface area (Å²) >= 11 is 0. The zero-order valence-electron chi connectivity index (χ0n) is 12.2. The molecule has 0 unspecified atom stereocenters. The van der Waals surface area contributed by atoms with Crippen LogP contribution in [0.15, 0.2) is 42.5 Å². The first-order valence-corrected chi connectivity index (χ1v) is 6.84. The Morgan fingerprint density at radius 2 is 1.95 bits per heavy atom. The third-order valence-electron chi connectivity index (χ3n) is 3.50. The number of aryl methyl sites for hydroxylation is 2. The fourth-order valence-corrected chi connectivity index (χ4v) is 2.40. The molecule has 1 aromatic heterocycles. The lowest BCUT2D eigenvalue weighted by Gasteiger charge is -2.10. The summed E-state index contributed by atoms with van der Waals surface area (Å²) < 4.78 is 15.1. The number of aldehydes is 1. The molecule has 0 saturated heterocycles. The first-order chi connectivity index (χ1) is 10.6. The number of rotatable bonds is 3. The van der Waals surface area contributed by atoms with Gasteiger partial charge in [0.15, 0.2) is 12.0 Å². The van der Waals surface area contributed by atoms with E-state index in [1.165, 1.54) is 12.1 Å². The van der Waals surface area contributed by atoms with E-state index in [-0.39, 0.29) is 11.5 Å². The van der Waals surface area contributed by atoms with Gasteiger partial charge >= 0.3 is 0 Å². The molecule has 0 aliphatic heterocycles. The van der Waals surface area contributed by atoms with Crippen LogP contribution in [-0.2, 0) is 0 Å². The number of hydrogen-bond acceptors (Lipinski definition) is 3. The Bertz CT molecular complexity index is 855. The summed E-state index contributed by atoms with van der Waals surface area (Å²) in [4.78, 5) is 11.3. The first-order valence-electron chi connectivity index (χ1n) is 6.84. The SMILES string of the molecule is Cc1ccc(C)c(-n2nnc(C=O)c2-c2cccc(F)c2)c1. The van der Waals surface area contributed by atoms with Gasteiger partial charge in [-0.3, -0.25) is 4.79 Å². The van der Waals surface area contributed by atoms with Gasteiger partial charge in [0, 0.05) is 5.56 Å². The highest BCUT2D eigenvalue weighted by Crippen LogP contribution is 2.26. The van der Waals surface area contributed by atoms with Gasteiger partial charge in [-0.05, 0) is 43.2 Å². The van der Waals surface area contributed by atoms with Crippen LogP contribution in [0.1, 0.15) is 21.6 Å². The van der Waals surface area contributed by atoms with Gasteiger partial charge in [-0.25, -0.2) is 9.07 Å². The van der Waals surface area contributed by atoms with Crippen molar-refractivity contribution < 1.29 is 9.18 Å². The van der Waals surface area contributed by atoms with Gasteiger partial charge < -0.3 is 0 Å². The summed E-state index contributed by atoms with van der Waals surface area (Å²) in [6.45, 7) is 3.93. The lowest BCUT2D eigenvalue weighted by Crippen LogP contribution is -2.03. The van der Waals surface area contributed by atoms with Crippen LogP contribution in [0.2, 0.25) is 0 Å². The van der Waals surface area contributed by atoms with Crippen LogP contribution in [0.25, 0.3) is 16.9 Å². The lowest BCUT2D eigenvalue weighted by molar-refractivity contribution is 0.111. The summed E-state index contributed by atoms with van der Waals surface area (Å²) in [5.41, 5.74) is 4.11. The Morgan fingerprint density at radius 1 is 1.14 bits per heavy atom. The van der Waals surface area contributed by atoms with Crippen molar-refractivity contribution in [1.29, 1.82) is 0 Å². The monoisotopic (exact) mass is 295 g/mol. The third-order valence-corrected chi connectivity index (χ3v) is 3.50. The Balaban J connectivity index is 2.28. The number of carbonyl (C=O) groups is 1. The fraction of sp³-hybridized carbons (Fsp3) is 0.118. The second kappa shape index (κ2) is 5.52. The van der Waals surface area contributed by atoms with Crippen molar-refractivity contribution in [2.45, 2.75) is 13.8 Å². The van der Waals surface area contributed by atoms with E-state index in [1.54, 1.807) is 16.8 Å². The summed E-state index contributed by atoms with van der Waals surface area (Å²) in [6, 6.07) is 12.0. The van der Waals surface area contributed by atoms with Crippen molar-refractivity contribution in [2.24, 2.45) is 0 Å². The molecule has 0 radical (unpaired) electrons. The quantitative estimate of drug-likeness (QED) is 0.695. The predicted octanol–water partition coefficient (Wildman–Crippen LogP) is 3.50. The Morgan fingerprint density at radius 3 is 2.68 bits per heavy atom. The maximum absolute atomic E-state index is 13.5. The molecular weight excluding hydrogens is 281 g/mol. The van der Waals surface area contributed by atoms with Crippen LogP contribution in [0.3, 0.4) is 0 Å². The van der Waals surface area contributed by atoms with Crippen LogP contribution >= 0.6 is 0 Å². The Labute approximate surface area is 127 Å². The van der Waals surface area contributed by atoms with Gasteiger partial charge in [-0.1, -0.05) is 29.5 Å². The minimum absolute atomic E-state index is 0.187. The minimum Gasteiger partial charge on any atom is -0.296 e. The van der Waals surface area contributed by atoms with Crippen LogP contribution in [0.5, 0.6) is 0 Å². The van der Waals surface area contributed by atoms with Crippen molar-refractivity contribution in [3.05, 3.63) is 65.1 Å². The minimum atomic E-state index is -0.372. The zero-order chi connectivity index (χ0) is 15.7. The van der Waals surface area contributed by atoms with Gasteiger partial charge in [0.1, 0.15) is 11.5 Å². The van der Waals surface area contributed by atoms with E-state index >= 15 is 0 Å². The second-order valence-corrected chi connectivity index (χ2v) is 5.15. The molecule has 0 aliphatic rings. The molecule has 0 spiro atoms. The fourth-order valence-electron chi connectivity index (χ4n) is 2.40. The van der Waals surface area contributed by atoms with E-state index in [0.717, 1.165) is 16.8 Å². The summed E-state index contributed by atoms with van der Waals surface area (Å²) in [5, 5.41) is 7.99. The average Bonchev–Trinajstić information content (AvgIpc) is 2.93. The van der Waals surface area contributed by atoms with E-state index < -0.39 is 0 Å². The number of aromatic nitrogens is 3. The number of nitrogens with zero attached hydrogens (tertiary/aromatic N) is 3. The van der Waals surface area contributed by atoms with Crippen molar-refractivity contribution in [1.82, 2.24) is 15.0 Å². The van der Waals surface area contributed by atoms with Crippen molar-refractivity contribution in [3.8, 4) is 16.9 Å². The molecule has 3 rings (SSSR count). The molecule has 110 valence electrons. The smallest absolute Gasteiger partial charge is 0.172 e. The van der Waals surface area contributed by atoms with E-state index in [9.17, 15) is 9.18 Å². The van der Waals surface area contributed by atoms with Gasteiger partial charge in [-0.2, -0.15) is 0 Å². The standard InChI is InChI=1S/C17H14FN3O/c1-11-6-7-12(2)16(8-11)21-17(15(10-22)19-20-21)13-4-3-5-14(18)9-13/h3-10H,1-2H3. The highest BCUT2D eigenvalue weighted by atomic mass is 19.1. The topological polar surface area (TPSA) is 47.8 Å². The molecule has 0 aliphatic carbocycles. The number of halogens is 1. The molecule has 0 atom stereocenters. The van der Waals surface area contributed by atoms with Crippen LogP contribution < -0.4 is 0 Å². The van der Waals surface area contributed by atoms with Crippen molar-refractivity contribution in [2.75, 3.05) is 0 Å². The number of hydrogen-bond donors (Lipinski definition) is 0. The van der Waals surface area contributed by atoms with Gasteiger partial charge in [0.25, 0.3) is 0 Å². The molecular formula is C17H14FN3O. The molecule has 5 heteroatoms. The van der Waals surface area contributed by atoms with E-state index in [4.69, 9.17) is 0 Å². The Hall–Kier alpha value is -2.82. The van der Waals surface area contributed by atoms with Gasteiger partial charge in [-0.15, -0.1) is 5.10 Å². The maximum atomic E-state index is 13.5. The number of benzene rings is 2. The van der Waals surface area contributed by atoms with Gasteiger partial charge in [0.05, 0.1) is 5.69 Å². The average molecular weight is 295 g/mol. The molecule has 2 aromatic carbocycles. The third kappa shape index (κ3) is 2.41. The largest absolute Gasteiger partial charge is 0.296 e. The molecule has 0 saturated carbocycles. The molecule has 22 heavy (non-hydrogen) atoms. The molecule has 1 heterocycles. The molecule has 3 aromatic rings. The lowest BCUT2D eigenvalue weighted by atomic mass is 10.1. The summed E-state index contributed by atoms with van der Waals surface area (Å²) in [6.07, 6.45) is 0.634. The van der Waals surface area contributed by atoms with Crippen LogP contribution in [0.4, 0.5) is 4.39 Å². The van der Waals surface area contributed by atoms with E-state index in [0.29, 0.717) is 17.5 Å². The van der Waals surface area contributed by atoms with Gasteiger partial charge in [0.2, 0.25) is 0 Å². The normalized spacial score (nSPS) is 10.7. The molecule has 0 bridgehead atoms. The van der Waals surface area contributed by atoms with E-state index in [1.807, 2.05) is 32.0 Å². The van der Waals surface area contributed by atoms with Crippen molar-refractivity contribution in [3.63, 3.8) is 0 Å².